The third kappa shape index (κ3) is 2.36. The summed E-state index contributed by atoms with van der Waals surface area (Å²) in [6.07, 6.45) is 6.22. The predicted molar refractivity (Wildman–Crippen MR) is 60.2 cm³/mol. The maximum Gasteiger partial charge on any atom is 0.328 e. The molecule has 0 saturated carbocycles. The van der Waals surface area contributed by atoms with E-state index in [0.29, 0.717) is 0 Å². The van der Waals surface area contributed by atoms with Crippen molar-refractivity contribution in [1.29, 1.82) is 0 Å². The van der Waals surface area contributed by atoms with Crippen LogP contribution in [0.25, 0.3) is 11.8 Å². The summed E-state index contributed by atoms with van der Waals surface area (Å²) in [4.78, 5) is 10.3. The van der Waals surface area contributed by atoms with E-state index in [2.05, 4.69) is 5.10 Å². The Hall–Kier alpha value is -2.36. The van der Waals surface area contributed by atoms with Gasteiger partial charge in [-0.3, -0.25) is 0 Å². The van der Waals surface area contributed by atoms with Gasteiger partial charge < -0.3 is 5.11 Å². The first kappa shape index (κ1) is 10.2. The molecule has 0 radical (unpaired) electrons. The molecule has 0 bridgehead atoms. The zero-order chi connectivity index (χ0) is 11.4. The van der Waals surface area contributed by atoms with Crippen molar-refractivity contribution in [2.45, 2.75) is 0 Å². The molecule has 80 valence electrons. The molecular formula is C12H10N2O2. The lowest BCUT2D eigenvalue weighted by Gasteiger charge is -2.00. The molecule has 1 aromatic carbocycles. The Morgan fingerprint density at radius 1 is 1.31 bits per heavy atom. The molecule has 1 aromatic heterocycles. The molecule has 0 aliphatic carbocycles. The van der Waals surface area contributed by atoms with Crippen LogP contribution in [-0.2, 0) is 4.79 Å². The van der Waals surface area contributed by atoms with E-state index in [1.807, 2.05) is 36.5 Å². The lowest BCUT2D eigenvalue weighted by Crippen LogP contribution is -1.93. The molecule has 0 spiro atoms. The fourth-order valence-electron chi connectivity index (χ4n) is 1.33. The van der Waals surface area contributed by atoms with Crippen LogP contribution in [-0.4, -0.2) is 20.9 Å². The van der Waals surface area contributed by atoms with Crippen LogP contribution < -0.4 is 0 Å². The van der Waals surface area contributed by atoms with Crippen LogP contribution in [0.3, 0.4) is 0 Å². The molecule has 0 unspecified atom stereocenters. The molecule has 4 nitrogen and oxygen atoms in total. The Morgan fingerprint density at radius 3 is 2.62 bits per heavy atom. The van der Waals surface area contributed by atoms with Crippen molar-refractivity contribution >= 4 is 12.0 Å². The molecular weight excluding hydrogens is 204 g/mol. The van der Waals surface area contributed by atoms with Crippen LogP contribution in [0, 0.1) is 0 Å². The summed E-state index contributed by atoms with van der Waals surface area (Å²) in [6.45, 7) is 0. The molecule has 0 amide bonds. The second kappa shape index (κ2) is 4.44. The fraction of sp³-hybridized carbons (Fsp3) is 0. The van der Waals surface area contributed by atoms with Gasteiger partial charge in [0.05, 0.1) is 5.69 Å². The van der Waals surface area contributed by atoms with Crippen molar-refractivity contribution < 1.29 is 9.90 Å². The van der Waals surface area contributed by atoms with Gasteiger partial charge in [0.25, 0.3) is 0 Å². The average Bonchev–Trinajstić information content (AvgIpc) is 2.80. The standard InChI is InChI=1S/C12H10N2O2/c15-12(16)7-4-10-2-5-11(6-3-10)14-9-1-8-13-14/h1-9H,(H,15,16). The summed E-state index contributed by atoms with van der Waals surface area (Å²) in [5, 5.41) is 12.6. The molecule has 16 heavy (non-hydrogen) atoms. The third-order valence-electron chi connectivity index (χ3n) is 2.08. The van der Waals surface area contributed by atoms with E-state index in [-0.39, 0.29) is 0 Å². The number of hydrogen-bond donors (Lipinski definition) is 1. The highest BCUT2D eigenvalue weighted by Gasteiger charge is 1.95. The maximum atomic E-state index is 10.3. The SMILES string of the molecule is O=C(O)C=Cc1ccc(-n2cccn2)cc1. The summed E-state index contributed by atoms with van der Waals surface area (Å²) in [5.41, 5.74) is 1.79. The van der Waals surface area contributed by atoms with E-state index in [1.54, 1.807) is 17.0 Å². The summed E-state index contributed by atoms with van der Waals surface area (Å²) < 4.78 is 1.74. The van der Waals surface area contributed by atoms with Gasteiger partial charge in [0.2, 0.25) is 0 Å². The zero-order valence-electron chi connectivity index (χ0n) is 8.45. The van der Waals surface area contributed by atoms with E-state index in [4.69, 9.17) is 5.11 Å². The first-order valence-corrected chi connectivity index (χ1v) is 4.77. The maximum absolute atomic E-state index is 10.3. The number of nitrogens with zero attached hydrogens (tertiary/aromatic N) is 2. The Bertz CT molecular complexity index is 498. The quantitative estimate of drug-likeness (QED) is 0.795. The average molecular weight is 214 g/mol. The third-order valence-corrected chi connectivity index (χ3v) is 2.08. The minimum absolute atomic E-state index is 0.846. The second-order valence-electron chi connectivity index (χ2n) is 3.21. The zero-order valence-corrected chi connectivity index (χ0v) is 8.45. The lowest BCUT2D eigenvalue weighted by molar-refractivity contribution is -0.131. The molecule has 0 fully saturated rings. The highest BCUT2D eigenvalue weighted by atomic mass is 16.4. The highest BCUT2D eigenvalue weighted by Crippen LogP contribution is 2.09. The molecule has 1 heterocycles. The van der Waals surface area contributed by atoms with Crippen molar-refractivity contribution in [1.82, 2.24) is 9.78 Å². The summed E-state index contributed by atoms with van der Waals surface area (Å²) in [7, 11) is 0. The normalized spacial score (nSPS) is 10.8. The van der Waals surface area contributed by atoms with Gasteiger partial charge in [0.1, 0.15) is 0 Å². The van der Waals surface area contributed by atoms with Gasteiger partial charge in [-0.2, -0.15) is 5.10 Å². The summed E-state index contributed by atoms with van der Waals surface area (Å²) >= 11 is 0. The minimum Gasteiger partial charge on any atom is -0.478 e. The van der Waals surface area contributed by atoms with Gasteiger partial charge in [-0.1, -0.05) is 12.1 Å². The van der Waals surface area contributed by atoms with Crippen molar-refractivity contribution in [2.24, 2.45) is 0 Å². The van der Waals surface area contributed by atoms with Crippen LogP contribution in [0.4, 0.5) is 0 Å². The van der Waals surface area contributed by atoms with Crippen molar-refractivity contribution in [3.8, 4) is 5.69 Å². The number of carboxylic acids is 1. The minimum atomic E-state index is -0.948. The van der Waals surface area contributed by atoms with Gasteiger partial charge in [-0.05, 0) is 29.8 Å². The first-order valence-electron chi connectivity index (χ1n) is 4.77. The van der Waals surface area contributed by atoms with E-state index in [1.165, 1.54) is 0 Å². The summed E-state index contributed by atoms with van der Waals surface area (Å²) in [6, 6.07) is 9.30. The number of rotatable bonds is 3. The molecule has 0 atom stereocenters. The Labute approximate surface area is 92.5 Å². The first-order chi connectivity index (χ1) is 7.75. The monoisotopic (exact) mass is 214 g/mol. The fourth-order valence-corrected chi connectivity index (χ4v) is 1.33. The van der Waals surface area contributed by atoms with Gasteiger partial charge in [-0.15, -0.1) is 0 Å². The number of benzene rings is 1. The van der Waals surface area contributed by atoms with E-state index < -0.39 is 5.97 Å². The molecule has 0 aliphatic rings. The van der Waals surface area contributed by atoms with Crippen LogP contribution >= 0.6 is 0 Å². The van der Waals surface area contributed by atoms with Crippen molar-refractivity contribution in [2.75, 3.05) is 0 Å². The van der Waals surface area contributed by atoms with E-state index in [9.17, 15) is 4.79 Å². The van der Waals surface area contributed by atoms with Crippen LogP contribution in [0.15, 0.2) is 48.8 Å². The van der Waals surface area contributed by atoms with Gasteiger partial charge >= 0.3 is 5.97 Å². The Kier molecular flexibility index (Phi) is 2.82. The van der Waals surface area contributed by atoms with Crippen LogP contribution in [0.5, 0.6) is 0 Å². The Balaban J connectivity index is 2.20. The topological polar surface area (TPSA) is 55.1 Å². The van der Waals surface area contributed by atoms with Gasteiger partial charge in [-0.25, -0.2) is 9.48 Å². The summed E-state index contributed by atoms with van der Waals surface area (Å²) in [5.74, 6) is -0.948. The highest BCUT2D eigenvalue weighted by molar-refractivity contribution is 5.85. The molecule has 1 N–H and O–H groups in total. The van der Waals surface area contributed by atoms with E-state index >= 15 is 0 Å². The number of carbonyl (C=O) groups is 1. The van der Waals surface area contributed by atoms with Gasteiger partial charge in [0, 0.05) is 18.5 Å². The molecule has 4 heteroatoms. The van der Waals surface area contributed by atoms with Crippen molar-refractivity contribution in [3.63, 3.8) is 0 Å². The van der Waals surface area contributed by atoms with Gasteiger partial charge in [0.15, 0.2) is 0 Å². The largest absolute Gasteiger partial charge is 0.478 e. The van der Waals surface area contributed by atoms with Crippen molar-refractivity contribution in [3.05, 3.63) is 54.4 Å². The number of aliphatic carboxylic acids is 1. The van der Waals surface area contributed by atoms with E-state index in [0.717, 1.165) is 17.3 Å². The smallest absolute Gasteiger partial charge is 0.328 e. The molecule has 2 aromatic rings. The number of aromatic nitrogens is 2. The van der Waals surface area contributed by atoms with Crippen LogP contribution in [0.1, 0.15) is 5.56 Å². The lowest BCUT2D eigenvalue weighted by atomic mass is 10.2. The Morgan fingerprint density at radius 2 is 2.06 bits per heavy atom. The number of carboxylic acid groups (broad SMARTS) is 1. The predicted octanol–water partition coefficient (Wildman–Crippen LogP) is 1.97. The second-order valence-corrected chi connectivity index (χ2v) is 3.21. The number of hydrogen-bond acceptors (Lipinski definition) is 2. The van der Waals surface area contributed by atoms with Crippen LogP contribution in [0.2, 0.25) is 0 Å². The molecule has 2 rings (SSSR count). The molecule has 0 aliphatic heterocycles. The molecule has 0 saturated heterocycles.